The summed E-state index contributed by atoms with van der Waals surface area (Å²) in [5, 5.41) is 7.60. The van der Waals surface area contributed by atoms with E-state index in [1.807, 2.05) is 42.5 Å². The molecule has 0 saturated carbocycles. The molecule has 0 unspecified atom stereocenters. The maximum Gasteiger partial charge on any atom is 0.254 e. The zero-order chi connectivity index (χ0) is 22.5. The number of hydrogen-bond acceptors (Lipinski definition) is 3. The average Bonchev–Trinajstić information content (AvgIpc) is 3.31. The van der Waals surface area contributed by atoms with E-state index < -0.39 is 0 Å². The molecular formula is C25H21ClN4O2. The van der Waals surface area contributed by atoms with Crippen LogP contribution in [0, 0.1) is 0 Å². The van der Waals surface area contributed by atoms with E-state index in [0.29, 0.717) is 16.3 Å². The minimum Gasteiger partial charge on any atom is -0.332 e. The third-order valence-electron chi connectivity index (χ3n) is 4.93. The molecule has 4 rings (SSSR count). The zero-order valence-electron chi connectivity index (χ0n) is 17.4. The number of aromatic nitrogens is 2. The molecule has 0 radical (unpaired) electrons. The van der Waals surface area contributed by atoms with Gasteiger partial charge in [-0.2, -0.15) is 5.10 Å². The number of carbonyl (C=O) groups excluding carboxylic acids is 2. The van der Waals surface area contributed by atoms with Crippen molar-refractivity contribution in [3.63, 3.8) is 0 Å². The van der Waals surface area contributed by atoms with Crippen LogP contribution in [-0.4, -0.2) is 40.1 Å². The van der Waals surface area contributed by atoms with E-state index >= 15 is 0 Å². The van der Waals surface area contributed by atoms with E-state index in [9.17, 15) is 9.59 Å². The molecule has 0 aliphatic heterocycles. The number of anilines is 1. The summed E-state index contributed by atoms with van der Waals surface area (Å²) in [5.41, 5.74) is 3.67. The van der Waals surface area contributed by atoms with Gasteiger partial charge in [0.05, 0.1) is 34.8 Å². The molecule has 0 fully saturated rings. The fourth-order valence-electron chi connectivity index (χ4n) is 3.37. The maximum atomic E-state index is 13.0. The maximum absolute atomic E-state index is 13.0. The molecule has 0 aliphatic carbocycles. The Kier molecular flexibility index (Phi) is 6.33. The topological polar surface area (TPSA) is 67.2 Å². The van der Waals surface area contributed by atoms with Crippen molar-refractivity contribution in [3.8, 4) is 16.9 Å². The van der Waals surface area contributed by atoms with E-state index in [4.69, 9.17) is 11.6 Å². The number of likely N-dealkylation sites (N-methyl/N-ethyl adjacent to an activating group) is 1. The molecule has 6 nitrogen and oxygen atoms in total. The van der Waals surface area contributed by atoms with Crippen LogP contribution in [0.3, 0.4) is 0 Å². The molecule has 3 aromatic carbocycles. The first-order chi connectivity index (χ1) is 15.5. The van der Waals surface area contributed by atoms with Gasteiger partial charge in [-0.1, -0.05) is 60.1 Å². The van der Waals surface area contributed by atoms with Crippen LogP contribution in [-0.2, 0) is 4.79 Å². The molecule has 7 heteroatoms. The zero-order valence-corrected chi connectivity index (χ0v) is 18.2. The number of hydrogen-bond donors (Lipinski definition) is 1. The summed E-state index contributed by atoms with van der Waals surface area (Å²) in [5.74, 6) is -0.599. The van der Waals surface area contributed by atoms with E-state index in [-0.39, 0.29) is 18.4 Å². The van der Waals surface area contributed by atoms with Gasteiger partial charge in [-0.15, -0.1) is 0 Å². The number of amides is 2. The third kappa shape index (κ3) is 4.71. The molecule has 0 saturated heterocycles. The van der Waals surface area contributed by atoms with Gasteiger partial charge in [0, 0.05) is 18.2 Å². The van der Waals surface area contributed by atoms with Crippen LogP contribution in [0.1, 0.15) is 10.4 Å². The summed E-state index contributed by atoms with van der Waals surface area (Å²) in [6.07, 6.45) is 1.72. The Bertz CT molecular complexity index is 1250. The molecule has 4 aromatic rings. The second-order valence-corrected chi connectivity index (χ2v) is 7.64. The third-order valence-corrected chi connectivity index (χ3v) is 5.25. The lowest BCUT2D eigenvalue weighted by Gasteiger charge is -2.18. The largest absolute Gasteiger partial charge is 0.332 e. The van der Waals surface area contributed by atoms with Crippen LogP contribution >= 0.6 is 11.6 Å². The summed E-state index contributed by atoms with van der Waals surface area (Å²) < 4.78 is 1.79. The molecule has 0 bridgehead atoms. The number of halogens is 1. The Balaban J connectivity index is 1.50. The first kappa shape index (κ1) is 21.3. The number of benzene rings is 3. The van der Waals surface area contributed by atoms with Crippen molar-refractivity contribution in [3.05, 3.63) is 102 Å². The molecular weight excluding hydrogens is 424 g/mol. The van der Waals surface area contributed by atoms with E-state index in [2.05, 4.69) is 10.4 Å². The predicted molar refractivity (Wildman–Crippen MR) is 126 cm³/mol. The smallest absolute Gasteiger partial charge is 0.254 e. The average molecular weight is 445 g/mol. The second kappa shape index (κ2) is 9.49. The number of para-hydroxylation sites is 1. The minimum atomic E-state index is -0.330. The SMILES string of the molecule is CN(CC(=O)Nc1ccccc1Cl)C(=O)c1cccc(-n2nccc2-c2ccccc2)c1. The molecule has 1 heterocycles. The quantitative estimate of drug-likeness (QED) is 0.459. The minimum absolute atomic E-state index is 0.106. The van der Waals surface area contributed by atoms with E-state index in [1.165, 1.54) is 4.90 Å². The van der Waals surface area contributed by atoms with Gasteiger partial charge in [0.15, 0.2) is 0 Å². The number of nitrogens with one attached hydrogen (secondary N) is 1. The number of carbonyl (C=O) groups is 2. The summed E-state index contributed by atoms with van der Waals surface area (Å²) in [4.78, 5) is 26.7. The normalized spacial score (nSPS) is 10.6. The van der Waals surface area contributed by atoms with Crippen LogP contribution in [0.15, 0.2) is 91.1 Å². The first-order valence-electron chi connectivity index (χ1n) is 10.0. The highest BCUT2D eigenvalue weighted by Crippen LogP contribution is 2.23. The fraction of sp³-hybridized carbons (Fsp3) is 0.0800. The van der Waals surface area contributed by atoms with Crippen LogP contribution in [0.5, 0.6) is 0 Å². The molecule has 1 N–H and O–H groups in total. The standard InChI is InChI=1S/C25H21ClN4O2/c1-29(17-24(31)28-22-13-6-5-12-21(22)26)25(32)19-10-7-11-20(16-19)30-23(14-15-27-30)18-8-3-2-4-9-18/h2-16H,17H2,1H3,(H,28,31). The van der Waals surface area contributed by atoms with E-state index in [0.717, 1.165) is 16.9 Å². The van der Waals surface area contributed by atoms with Gasteiger partial charge in [-0.25, -0.2) is 4.68 Å². The van der Waals surface area contributed by atoms with Crippen molar-refractivity contribution in [2.45, 2.75) is 0 Å². The Hall–Kier alpha value is -3.90. The summed E-state index contributed by atoms with van der Waals surface area (Å²) in [6, 6.07) is 26.0. The lowest BCUT2D eigenvalue weighted by Crippen LogP contribution is -2.35. The highest BCUT2D eigenvalue weighted by molar-refractivity contribution is 6.33. The van der Waals surface area contributed by atoms with Crippen molar-refractivity contribution >= 4 is 29.1 Å². The van der Waals surface area contributed by atoms with Gasteiger partial charge >= 0.3 is 0 Å². The van der Waals surface area contributed by atoms with Gasteiger partial charge in [0.1, 0.15) is 0 Å². The van der Waals surface area contributed by atoms with Crippen LogP contribution in [0.2, 0.25) is 5.02 Å². The molecule has 0 spiro atoms. The highest BCUT2D eigenvalue weighted by atomic mass is 35.5. The van der Waals surface area contributed by atoms with Gasteiger partial charge < -0.3 is 10.2 Å². The Morgan fingerprint density at radius 1 is 0.969 bits per heavy atom. The van der Waals surface area contributed by atoms with Crippen molar-refractivity contribution < 1.29 is 9.59 Å². The lowest BCUT2D eigenvalue weighted by molar-refractivity contribution is -0.116. The van der Waals surface area contributed by atoms with Crippen LogP contribution in [0.25, 0.3) is 16.9 Å². The lowest BCUT2D eigenvalue weighted by atomic mass is 10.1. The monoisotopic (exact) mass is 444 g/mol. The first-order valence-corrected chi connectivity index (χ1v) is 10.4. The fourth-order valence-corrected chi connectivity index (χ4v) is 3.55. The van der Waals surface area contributed by atoms with Gasteiger partial charge in [-0.3, -0.25) is 9.59 Å². The summed E-state index contributed by atoms with van der Waals surface area (Å²) >= 11 is 6.08. The summed E-state index contributed by atoms with van der Waals surface area (Å²) in [7, 11) is 1.59. The predicted octanol–water partition coefficient (Wildman–Crippen LogP) is 4.90. The van der Waals surface area contributed by atoms with E-state index in [1.54, 1.807) is 60.4 Å². The highest BCUT2D eigenvalue weighted by Gasteiger charge is 2.17. The van der Waals surface area contributed by atoms with Gasteiger partial charge in [-0.05, 0) is 36.4 Å². The Morgan fingerprint density at radius 2 is 1.72 bits per heavy atom. The van der Waals surface area contributed by atoms with Crippen LogP contribution < -0.4 is 5.32 Å². The number of nitrogens with zero attached hydrogens (tertiary/aromatic N) is 3. The van der Waals surface area contributed by atoms with Gasteiger partial charge in [0.25, 0.3) is 5.91 Å². The van der Waals surface area contributed by atoms with Crippen molar-refractivity contribution in [1.82, 2.24) is 14.7 Å². The molecule has 0 atom stereocenters. The summed E-state index contributed by atoms with van der Waals surface area (Å²) in [6.45, 7) is -0.106. The van der Waals surface area contributed by atoms with Crippen molar-refractivity contribution in [1.29, 1.82) is 0 Å². The molecule has 2 amide bonds. The number of rotatable bonds is 6. The van der Waals surface area contributed by atoms with Crippen molar-refractivity contribution in [2.24, 2.45) is 0 Å². The Morgan fingerprint density at radius 3 is 2.50 bits per heavy atom. The molecule has 0 aliphatic rings. The molecule has 1 aromatic heterocycles. The van der Waals surface area contributed by atoms with Gasteiger partial charge in [0.2, 0.25) is 5.91 Å². The van der Waals surface area contributed by atoms with Crippen molar-refractivity contribution in [2.75, 3.05) is 18.9 Å². The molecule has 32 heavy (non-hydrogen) atoms. The van der Waals surface area contributed by atoms with Crippen LogP contribution in [0.4, 0.5) is 5.69 Å². The molecule has 160 valence electrons. The second-order valence-electron chi connectivity index (χ2n) is 7.23. The Labute approximate surface area is 191 Å².